The molecular weight excluding hydrogens is 186 g/mol. The monoisotopic (exact) mass is 199 g/mol. The number of aliphatic hydroxyl groups is 1. The van der Waals surface area contributed by atoms with Crippen LogP contribution in [0.2, 0.25) is 0 Å². The van der Waals surface area contributed by atoms with Crippen LogP contribution in [0.4, 0.5) is 0 Å². The van der Waals surface area contributed by atoms with Gasteiger partial charge >= 0.3 is 0 Å². The van der Waals surface area contributed by atoms with E-state index in [-0.39, 0.29) is 5.76 Å². The second-order valence-corrected chi connectivity index (χ2v) is 4.10. The number of hydrogen-bond acceptors (Lipinski definition) is 1. The first-order chi connectivity index (χ1) is 7.27. The lowest BCUT2D eigenvalue weighted by Crippen LogP contribution is -2.05. The van der Waals surface area contributed by atoms with Crippen molar-refractivity contribution in [3.63, 3.8) is 0 Å². The molecule has 3 rings (SSSR count). The van der Waals surface area contributed by atoms with Crippen LogP contribution in [0.1, 0.15) is 17.5 Å². The van der Waals surface area contributed by atoms with Crippen molar-refractivity contribution in [2.24, 2.45) is 0 Å². The molecule has 0 bridgehead atoms. The molecule has 0 unspecified atom stereocenters. The molecule has 1 aliphatic rings. The predicted molar refractivity (Wildman–Crippen MR) is 61.9 cm³/mol. The van der Waals surface area contributed by atoms with Crippen LogP contribution in [0.25, 0.3) is 16.7 Å². The average molecular weight is 199 g/mol. The summed E-state index contributed by atoms with van der Waals surface area (Å²) in [4.78, 5) is 0. The molecule has 1 aliphatic heterocycles. The zero-order chi connectivity index (χ0) is 10.4. The summed E-state index contributed by atoms with van der Waals surface area (Å²) in [6.07, 6.45) is 4.33. The summed E-state index contributed by atoms with van der Waals surface area (Å²) >= 11 is 0. The minimum absolute atomic E-state index is 0.165. The van der Waals surface area contributed by atoms with E-state index < -0.39 is 0 Å². The molecule has 2 aromatic rings. The highest BCUT2D eigenvalue weighted by Crippen LogP contribution is 2.31. The Morgan fingerprint density at radius 3 is 3.07 bits per heavy atom. The standard InChI is InChI=1S/C13H13NO/c1-9(15)12-8-14-7-3-5-10-4-2-6-11(12)13(10)14/h2,4,6,8,15H,1,3,5,7H2. The van der Waals surface area contributed by atoms with Gasteiger partial charge in [-0.2, -0.15) is 0 Å². The van der Waals surface area contributed by atoms with Crippen LogP contribution in [-0.2, 0) is 13.0 Å². The van der Waals surface area contributed by atoms with Gasteiger partial charge in [-0.3, -0.25) is 0 Å². The highest BCUT2D eigenvalue weighted by molar-refractivity contribution is 5.93. The van der Waals surface area contributed by atoms with Gasteiger partial charge in [0, 0.05) is 23.7 Å². The number of rotatable bonds is 1. The summed E-state index contributed by atoms with van der Waals surface area (Å²) in [7, 11) is 0. The minimum atomic E-state index is 0.165. The third kappa shape index (κ3) is 1.11. The molecule has 0 fully saturated rings. The van der Waals surface area contributed by atoms with Crippen molar-refractivity contribution < 1.29 is 5.11 Å². The first kappa shape index (κ1) is 8.60. The van der Waals surface area contributed by atoms with Gasteiger partial charge in [0.15, 0.2) is 0 Å². The fourth-order valence-electron chi connectivity index (χ4n) is 2.49. The van der Waals surface area contributed by atoms with Gasteiger partial charge in [0.1, 0.15) is 5.76 Å². The fourth-order valence-corrected chi connectivity index (χ4v) is 2.49. The summed E-state index contributed by atoms with van der Waals surface area (Å²) in [6.45, 7) is 4.66. The second-order valence-electron chi connectivity index (χ2n) is 4.10. The fraction of sp³-hybridized carbons (Fsp3) is 0.231. The Morgan fingerprint density at radius 1 is 1.40 bits per heavy atom. The normalized spacial score (nSPS) is 14.4. The molecule has 1 aromatic carbocycles. The lowest BCUT2D eigenvalue weighted by Gasteiger charge is -2.14. The van der Waals surface area contributed by atoms with E-state index in [0.29, 0.717) is 0 Å². The first-order valence-corrected chi connectivity index (χ1v) is 5.26. The number of para-hydroxylation sites is 1. The summed E-state index contributed by atoms with van der Waals surface area (Å²) in [5.41, 5.74) is 3.52. The summed E-state index contributed by atoms with van der Waals surface area (Å²) < 4.78 is 2.23. The lowest BCUT2D eigenvalue weighted by atomic mass is 10.0. The Bertz CT molecular complexity index is 551. The highest BCUT2D eigenvalue weighted by atomic mass is 16.3. The van der Waals surface area contributed by atoms with Gasteiger partial charge in [0.25, 0.3) is 0 Å². The van der Waals surface area contributed by atoms with E-state index in [0.717, 1.165) is 23.9 Å². The number of aromatic nitrogens is 1. The zero-order valence-corrected chi connectivity index (χ0v) is 8.53. The van der Waals surface area contributed by atoms with Gasteiger partial charge in [-0.15, -0.1) is 0 Å². The van der Waals surface area contributed by atoms with Crippen LogP contribution >= 0.6 is 0 Å². The number of aliphatic hydroxyl groups excluding tert-OH is 1. The molecule has 0 saturated carbocycles. The van der Waals surface area contributed by atoms with Crippen molar-refractivity contribution in [2.75, 3.05) is 0 Å². The van der Waals surface area contributed by atoms with Crippen molar-refractivity contribution in [1.29, 1.82) is 0 Å². The summed E-state index contributed by atoms with van der Waals surface area (Å²) in [5.74, 6) is 0.165. The Balaban J connectivity index is 2.43. The molecule has 0 spiro atoms. The van der Waals surface area contributed by atoms with Gasteiger partial charge in [-0.25, -0.2) is 0 Å². The number of aryl methyl sites for hydroxylation is 2. The van der Waals surface area contributed by atoms with Crippen molar-refractivity contribution in [1.82, 2.24) is 4.57 Å². The molecule has 0 radical (unpaired) electrons. The highest BCUT2D eigenvalue weighted by Gasteiger charge is 2.16. The van der Waals surface area contributed by atoms with E-state index in [2.05, 4.69) is 29.3 Å². The van der Waals surface area contributed by atoms with E-state index in [9.17, 15) is 5.11 Å². The number of benzene rings is 1. The molecule has 0 saturated heterocycles. The topological polar surface area (TPSA) is 25.2 Å². The van der Waals surface area contributed by atoms with E-state index >= 15 is 0 Å². The van der Waals surface area contributed by atoms with Gasteiger partial charge in [0.2, 0.25) is 0 Å². The van der Waals surface area contributed by atoms with Crippen LogP contribution in [0.5, 0.6) is 0 Å². The van der Waals surface area contributed by atoms with Gasteiger partial charge < -0.3 is 9.67 Å². The largest absolute Gasteiger partial charge is 0.508 e. The van der Waals surface area contributed by atoms with Crippen LogP contribution in [0, 0.1) is 0 Å². The van der Waals surface area contributed by atoms with Gasteiger partial charge in [-0.1, -0.05) is 24.8 Å². The maximum Gasteiger partial charge on any atom is 0.117 e. The maximum absolute atomic E-state index is 9.53. The number of hydrogen-bond donors (Lipinski definition) is 1. The average Bonchev–Trinajstić information content (AvgIpc) is 2.61. The Kier molecular flexibility index (Phi) is 1.66. The molecular formula is C13H13NO. The zero-order valence-electron chi connectivity index (χ0n) is 8.53. The lowest BCUT2D eigenvalue weighted by molar-refractivity contribution is 0.514. The second kappa shape index (κ2) is 2.89. The molecule has 2 heteroatoms. The Hall–Kier alpha value is -1.70. The minimum Gasteiger partial charge on any atom is -0.508 e. The quantitative estimate of drug-likeness (QED) is 0.701. The third-order valence-corrected chi connectivity index (χ3v) is 3.14. The molecule has 0 atom stereocenters. The third-order valence-electron chi connectivity index (χ3n) is 3.14. The van der Waals surface area contributed by atoms with Crippen molar-refractivity contribution >= 4 is 16.7 Å². The molecule has 1 aromatic heterocycles. The van der Waals surface area contributed by atoms with E-state index in [1.165, 1.54) is 17.5 Å². The summed E-state index contributed by atoms with van der Waals surface area (Å²) in [5, 5.41) is 10.7. The van der Waals surface area contributed by atoms with Crippen LogP contribution in [0.15, 0.2) is 31.0 Å². The molecule has 0 aliphatic carbocycles. The summed E-state index contributed by atoms with van der Waals surface area (Å²) in [6, 6.07) is 6.28. The smallest absolute Gasteiger partial charge is 0.117 e. The molecule has 15 heavy (non-hydrogen) atoms. The maximum atomic E-state index is 9.53. The van der Waals surface area contributed by atoms with E-state index in [1.807, 2.05) is 6.20 Å². The SMILES string of the molecule is C=C(O)c1cn2c3c(cccc13)CCC2. The molecule has 0 amide bonds. The Labute approximate surface area is 88.5 Å². The van der Waals surface area contributed by atoms with Crippen molar-refractivity contribution in [3.8, 4) is 0 Å². The van der Waals surface area contributed by atoms with Crippen molar-refractivity contribution in [2.45, 2.75) is 19.4 Å². The van der Waals surface area contributed by atoms with Crippen LogP contribution < -0.4 is 0 Å². The van der Waals surface area contributed by atoms with E-state index in [1.54, 1.807) is 0 Å². The predicted octanol–water partition coefficient (Wildman–Crippen LogP) is 3.12. The molecule has 2 nitrogen and oxygen atoms in total. The van der Waals surface area contributed by atoms with Crippen LogP contribution in [0.3, 0.4) is 0 Å². The first-order valence-electron chi connectivity index (χ1n) is 5.26. The van der Waals surface area contributed by atoms with Gasteiger partial charge in [0.05, 0.1) is 5.52 Å². The van der Waals surface area contributed by atoms with Gasteiger partial charge in [-0.05, 0) is 18.4 Å². The Morgan fingerprint density at radius 2 is 2.27 bits per heavy atom. The van der Waals surface area contributed by atoms with Crippen LogP contribution in [-0.4, -0.2) is 9.67 Å². The molecule has 1 N–H and O–H groups in total. The molecule has 76 valence electrons. The number of nitrogens with zero attached hydrogens (tertiary/aromatic N) is 1. The molecule has 2 heterocycles. The van der Waals surface area contributed by atoms with E-state index in [4.69, 9.17) is 0 Å². The van der Waals surface area contributed by atoms with Crippen molar-refractivity contribution in [3.05, 3.63) is 42.1 Å².